The van der Waals surface area contributed by atoms with Crippen molar-refractivity contribution < 1.29 is 9.53 Å². The zero-order valence-corrected chi connectivity index (χ0v) is 11.9. The first-order valence-corrected chi connectivity index (χ1v) is 6.40. The van der Waals surface area contributed by atoms with Gasteiger partial charge in [0, 0.05) is 10.2 Å². The van der Waals surface area contributed by atoms with Crippen molar-refractivity contribution in [3.05, 3.63) is 52.0 Å². The minimum absolute atomic E-state index is 0.266. The maximum Gasteiger partial charge on any atom is 0.252 e. The Balaban J connectivity index is 2.40. The molecule has 2 aromatic rings. The highest BCUT2D eigenvalue weighted by atomic mass is 79.9. The van der Waals surface area contributed by atoms with Crippen LogP contribution in [0.15, 0.2) is 40.9 Å². The molecule has 19 heavy (non-hydrogen) atoms. The zero-order valence-electron chi connectivity index (χ0n) is 10.3. The smallest absolute Gasteiger partial charge is 0.252 e. The number of anilines is 1. The summed E-state index contributed by atoms with van der Waals surface area (Å²) in [6.45, 7) is 1.92. The molecule has 0 saturated heterocycles. The van der Waals surface area contributed by atoms with E-state index in [1.54, 1.807) is 12.1 Å². The number of carbonyl (C=O) groups is 1. The third-order valence-corrected chi connectivity index (χ3v) is 3.12. The molecule has 0 unspecified atom stereocenters. The van der Waals surface area contributed by atoms with Crippen molar-refractivity contribution in [3.63, 3.8) is 0 Å². The lowest BCUT2D eigenvalue weighted by Crippen LogP contribution is -2.12. The van der Waals surface area contributed by atoms with Gasteiger partial charge in [-0.3, -0.25) is 4.79 Å². The van der Waals surface area contributed by atoms with Crippen LogP contribution in [0.25, 0.3) is 0 Å². The normalized spacial score (nSPS) is 10.2. The average Bonchev–Trinajstić information content (AvgIpc) is 2.34. The monoisotopic (exact) mass is 320 g/mol. The summed E-state index contributed by atoms with van der Waals surface area (Å²) in [6.07, 6.45) is 0. The van der Waals surface area contributed by atoms with Crippen LogP contribution in [-0.2, 0) is 0 Å². The number of rotatable bonds is 3. The number of nitrogen functional groups attached to an aromatic ring is 1. The fourth-order valence-corrected chi connectivity index (χ4v) is 2.15. The van der Waals surface area contributed by atoms with Gasteiger partial charge in [-0.2, -0.15) is 0 Å². The van der Waals surface area contributed by atoms with Gasteiger partial charge in [-0.05, 0) is 48.9 Å². The van der Waals surface area contributed by atoms with Gasteiger partial charge in [-0.1, -0.05) is 15.9 Å². The van der Waals surface area contributed by atoms with Gasteiger partial charge >= 0.3 is 0 Å². The third kappa shape index (κ3) is 3.06. The van der Waals surface area contributed by atoms with Crippen LogP contribution in [0.5, 0.6) is 11.5 Å². The molecule has 2 aromatic carbocycles. The van der Waals surface area contributed by atoms with E-state index in [-0.39, 0.29) is 5.56 Å². The van der Waals surface area contributed by atoms with Gasteiger partial charge in [0.15, 0.2) is 0 Å². The van der Waals surface area contributed by atoms with Crippen molar-refractivity contribution in [1.82, 2.24) is 0 Å². The summed E-state index contributed by atoms with van der Waals surface area (Å²) in [4.78, 5) is 11.4. The standard InChI is InChI=1S/C14H13BrN2O2/c1-8-6-9(15)2-4-12(8)19-13-5-3-10(16)7-11(13)14(17)18/h2-7H,16H2,1H3,(H2,17,18). The van der Waals surface area contributed by atoms with Crippen LogP contribution >= 0.6 is 15.9 Å². The second kappa shape index (κ2) is 5.32. The van der Waals surface area contributed by atoms with E-state index >= 15 is 0 Å². The van der Waals surface area contributed by atoms with Crippen LogP contribution in [0.2, 0.25) is 0 Å². The molecule has 0 aromatic heterocycles. The average molecular weight is 321 g/mol. The first-order valence-electron chi connectivity index (χ1n) is 5.60. The van der Waals surface area contributed by atoms with Crippen LogP contribution in [0.4, 0.5) is 5.69 Å². The van der Waals surface area contributed by atoms with Gasteiger partial charge in [0.05, 0.1) is 5.56 Å². The number of ether oxygens (including phenoxy) is 1. The van der Waals surface area contributed by atoms with E-state index in [1.807, 2.05) is 25.1 Å². The molecule has 1 amide bonds. The van der Waals surface area contributed by atoms with Crippen LogP contribution in [-0.4, -0.2) is 5.91 Å². The Morgan fingerprint density at radius 2 is 1.84 bits per heavy atom. The van der Waals surface area contributed by atoms with Crippen molar-refractivity contribution in [3.8, 4) is 11.5 Å². The van der Waals surface area contributed by atoms with E-state index in [0.29, 0.717) is 17.2 Å². The van der Waals surface area contributed by atoms with Crippen molar-refractivity contribution in [1.29, 1.82) is 0 Å². The van der Waals surface area contributed by atoms with E-state index in [9.17, 15) is 4.79 Å². The van der Waals surface area contributed by atoms with Gasteiger partial charge in [0.25, 0.3) is 5.91 Å². The number of halogens is 1. The molecule has 0 bridgehead atoms. The molecule has 2 rings (SSSR count). The van der Waals surface area contributed by atoms with Crippen LogP contribution in [0.3, 0.4) is 0 Å². The zero-order chi connectivity index (χ0) is 14.0. The van der Waals surface area contributed by atoms with Crippen LogP contribution < -0.4 is 16.2 Å². The van der Waals surface area contributed by atoms with Gasteiger partial charge in [0.2, 0.25) is 0 Å². The molecule has 0 spiro atoms. The summed E-state index contributed by atoms with van der Waals surface area (Å²) >= 11 is 3.38. The second-order valence-electron chi connectivity index (χ2n) is 4.13. The number of amides is 1. The van der Waals surface area contributed by atoms with E-state index in [1.165, 1.54) is 6.07 Å². The molecular weight excluding hydrogens is 308 g/mol. The lowest BCUT2D eigenvalue weighted by atomic mass is 10.1. The maximum atomic E-state index is 11.4. The lowest BCUT2D eigenvalue weighted by molar-refractivity contribution is 0.0998. The topological polar surface area (TPSA) is 78.3 Å². The van der Waals surface area contributed by atoms with Gasteiger partial charge in [-0.15, -0.1) is 0 Å². The summed E-state index contributed by atoms with van der Waals surface area (Å²) in [5, 5.41) is 0. The summed E-state index contributed by atoms with van der Waals surface area (Å²) < 4.78 is 6.70. The van der Waals surface area contributed by atoms with Crippen molar-refractivity contribution in [2.45, 2.75) is 6.92 Å². The largest absolute Gasteiger partial charge is 0.456 e. The van der Waals surface area contributed by atoms with Crippen LogP contribution in [0.1, 0.15) is 15.9 Å². The maximum absolute atomic E-state index is 11.4. The summed E-state index contributed by atoms with van der Waals surface area (Å²) in [5.74, 6) is 0.486. The fraction of sp³-hybridized carbons (Fsp3) is 0.0714. The number of hydrogen-bond donors (Lipinski definition) is 2. The van der Waals surface area contributed by atoms with Gasteiger partial charge in [0.1, 0.15) is 11.5 Å². The summed E-state index contributed by atoms with van der Waals surface area (Å²) in [5.41, 5.74) is 12.6. The highest BCUT2D eigenvalue weighted by molar-refractivity contribution is 9.10. The molecule has 4 N–H and O–H groups in total. The van der Waals surface area contributed by atoms with Gasteiger partial charge in [-0.25, -0.2) is 0 Å². The third-order valence-electron chi connectivity index (χ3n) is 2.63. The first kappa shape index (κ1) is 13.4. The molecule has 98 valence electrons. The van der Waals surface area contributed by atoms with Gasteiger partial charge < -0.3 is 16.2 Å². The summed E-state index contributed by atoms with van der Waals surface area (Å²) in [6, 6.07) is 10.4. The van der Waals surface area contributed by atoms with Crippen molar-refractivity contribution in [2.24, 2.45) is 5.73 Å². The quantitative estimate of drug-likeness (QED) is 0.852. The molecule has 0 atom stereocenters. The number of carbonyl (C=O) groups excluding carboxylic acids is 1. The molecule has 0 aliphatic heterocycles. The first-order chi connectivity index (χ1) is 8.97. The highest BCUT2D eigenvalue weighted by Crippen LogP contribution is 2.30. The Labute approximate surface area is 119 Å². The number of nitrogens with two attached hydrogens (primary N) is 2. The number of hydrogen-bond acceptors (Lipinski definition) is 3. The Kier molecular flexibility index (Phi) is 3.76. The summed E-state index contributed by atoms with van der Waals surface area (Å²) in [7, 11) is 0. The minimum atomic E-state index is -0.572. The molecule has 0 radical (unpaired) electrons. The predicted molar refractivity (Wildman–Crippen MR) is 78.3 cm³/mol. The Hall–Kier alpha value is -2.01. The Morgan fingerprint density at radius 1 is 1.16 bits per heavy atom. The molecule has 0 saturated carbocycles. The Bertz CT molecular complexity index is 641. The second-order valence-corrected chi connectivity index (χ2v) is 5.05. The number of primary amides is 1. The van der Waals surface area contributed by atoms with E-state index in [0.717, 1.165) is 10.0 Å². The Morgan fingerprint density at radius 3 is 2.47 bits per heavy atom. The lowest BCUT2D eigenvalue weighted by Gasteiger charge is -2.12. The molecule has 0 fully saturated rings. The minimum Gasteiger partial charge on any atom is -0.456 e. The fourth-order valence-electron chi connectivity index (χ4n) is 1.67. The number of benzene rings is 2. The molecular formula is C14H13BrN2O2. The van der Waals surface area contributed by atoms with Crippen molar-refractivity contribution >= 4 is 27.5 Å². The highest BCUT2D eigenvalue weighted by Gasteiger charge is 2.12. The van der Waals surface area contributed by atoms with E-state index in [4.69, 9.17) is 16.2 Å². The van der Waals surface area contributed by atoms with E-state index in [2.05, 4.69) is 15.9 Å². The molecule has 0 heterocycles. The predicted octanol–water partition coefficient (Wildman–Crippen LogP) is 3.23. The van der Waals surface area contributed by atoms with Crippen LogP contribution in [0, 0.1) is 6.92 Å². The van der Waals surface area contributed by atoms with Crippen molar-refractivity contribution in [2.75, 3.05) is 5.73 Å². The molecule has 0 aliphatic carbocycles. The SMILES string of the molecule is Cc1cc(Br)ccc1Oc1ccc(N)cc1C(N)=O. The van der Waals surface area contributed by atoms with E-state index < -0.39 is 5.91 Å². The molecule has 5 heteroatoms. The molecule has 4 nitrogen and oxygen atoms in total. The number of aryl methyl sites for hydroxylation is 1. The molecule has 0 aliphatic rings.